The Morgan fingerprint density at radius 1 is 0.870 bits per heavy atom. The van der Waals surface area contributed by atoms with E-state index in [1.54, 1.807) is 0 Å². The van der Waals surface area contributed by atoms with Gasteiger partial charge in [0, 0.05) is 16.3 Å². The van der Waals surface area contributed by atoms with Crippen LogP contribution in [0.15, 0.2) is 65.6 Å². The Hall–Kier alpha value is -2.80. The maximum absolute atomic E-state index is 6.10. The number of rotatable bonds is 2. The molecule has 1 heteroatoms. The van der Waals surface area contributed by atoms with Gasteiger partial charge in [-0.05, 0) is 48.2 Å². The molecular weight excluding hydrogens is 280 g/mol. The molecule has 112 valence electrons. The van der Waals surface area contributed by atoms with Crippen molar-refractivity contribution in [3.8, 4) is 11.1 Å². The molecule has 1 nitrogen and oxygen atoms in total. The number of fused-ring (bicyclic) bond motifs is 3. The van der Waals surface area contributed by atoms with E-state index in [1.807, 2.05) is 18.2 Å². The molecule has 0 aliphatic carbocycles. The first-order valence-electron chi connectivity index (χ1n) is 7.84. The van der Waals surface area contributed by atoms with Crippen LogP contribution in [0.25, 0.3) is 39.1 Å². The van der Waals surface area contributed by atoms with Gasteiger partial charge in [0.25, 0.3) is 0 Å². The lowest BCUT2D eigenvalue weighted by Crippen LogP contribution is -1.91. The molecule has 0 aliphatic rings. The highest BCUT2D eigenvalue weighted by Crippen LogP contribution is 2.39. The van der Waals surface area contributed by atoms with E-state index in [9.17, 15) is 0 Å². The molecule has 0 aliphatic heterocycles. The standard InChI is InChI=1S/C22H18O/c1-4-16-15(3)22-20(18-11-7-8-12-21(18)23-22)13-19(16)17-10-6-5-9-14(17)2/h4-13H,1H2,2-3H3. The van der Waals surface area contributed by atoms with Crippen LogP contribution in [0.4, 0.5) is 0 Å². The van der Waals surface area contributed by atoms with E-state index in [-0.39, 0.29) is 0 Å². The largest absolute Gasteiger partial charge is 0.456 e. The summed E-state index contributed by atoms with van der Waals surface area (Å²) in [4.78, 5) is 0. The lowest BCUT2D eigenvalue weighted by Gasteiger charge is -2.12. The molecule has 0 saturated carbocycles. The van der Waals surface area contributed by atoms with Crippen LogP contribution in [0.5, 0.6) is 0 Å². The van der Waals surface area contributed by atoms with Crippen LogP contribution < -0.4 is 0 Å². The lowest BCUT2D eigenvalue weighted by molar-refractivity contribution is 0.665. The zero-order chi connectivity index (χ0) is 16.0. The van der Waals surface area contributed by atoms with Gasteiger partial charge in [0.05, 0.1) is 0 Å². The van der Waals surface area contributed by atoms with Crippen molar-refractivity contribution in [1.29, 1.82) is 0 Å². The van der Waals surface area contributed by atoms with Gasteiger partial charge in [-0.2, -0.15) is 0 Å². The molecule has 23 heavy (non-hydrogen) atoms. The quantitative estimate of drug-likeness (QED) is 0.411. The van der Waals surface area contributed by atoms with Crippen molar-refractivity contribution in [3.63, 3.8) is 0 Å². The Morgan fingerprint density at radius 2 is 1.61 bits per heavy atom. The molecule has 0 amide bonds. The molecule has 0 saturated heterocycles. The first-order valence-corrected chi connectivity index (χ1v) is 7.84. The van der Waals surface area contributed by atoms with Gasteiger partial charge in [-0.1, -0.05) is 55.1 Å². The minimum absolute atomic E-state index is 0.933. The zero-order valence-corrected chi connectivity index (χ0v) is 13.4. The molecule has 0 atom stereocenters. The average molecular weight is 298 g/mol. The molecule has 0 N–H and O–H groups in total. The number of hydrogen-bond acceptors (Lipinski definition) is 1. The summed E-state index contributed by atoms with van der Waals surface area (Å²) in [5, 5.41) is 2.33. The van der Waals surface area contributed by atoms with Crippen molar-refractivity contribution >= 4 is 28.0 Å². The number of aryl methyl sites for hydroxylation is 2. The Morgan fingerprint density at radius 3 is 2.39 bits per heavy atom. The summed E-state index contributed by atoms with van der Waals surface area (Å²) in [7, 11) is 0. The monoisotopic (exact) mass is 298 g/mol. The average Bonchev–Trinajstić information content (AvgIpc) is 2.94. The molecule has 4 rings (SSSR count). The summed E-state index contributed by atoms with van der Waals surface area (Å²) < 4.78 is 6.10. The molecule has 1 heterocycles. The number of hydrogen-bond donors (Lipinski definition) is 0. The number of benzene rings is 3. The second kappa shape index (κ2) is 5.13. The van der Waals surface area contributed by atoms with Gasteiger partial charge in [0.2, 0.25) is 0 Å². The summed E-state index contributed by atoms with van der Waals surface area (Å²) in [5.74, 6) is 0. The molecule has 0 radical (unpaired) electrons. The van der Waals surface area contributed by atoms with Gasteiger partial charge in [0.15, 0.2) is 0 Å². The van der Waals surface area contributed by atoms with Gasteiger partial charge in [-0.3, -0.25) is 0 Å². The summed E-state index contributed by atoms with van der Waals surface area (Å²) in [6, 6.07) is 18.9. The minimum Gasteiger partial charge on any atom is -0.456 e. The third-order valence-electron chi connectivity index (χ3n) is 4.60. The Kier molecular flexibility index (Phi) is 3.09. The van der Waals surface area contributed by atoms with Crippen LogP contribution >= 0.6 is 0 Å². The number of furan rings is 1. The second-order valence-electron chi connectivity index (χ2n) is 5.96. The van der Waals surface area contributed by atoms with Gasteiger partial charge in [-0.15, -0.1) is 0 Å². The highest BCUT2D eigenvalue weighted by molar-refractivity contribution is 6.09. The molecular formula is C22H18O. The first kappa shape index (κ1) is 13.8. The zero-order valence-electron chi connectivity index (χ0n) is 13.4. The van der Waals surface area contributed by atoms with E-state index in [1.165, 1.54) is 22.1 Å². The predicted molar refractivity (Wildman–Crippen MR) is 98.7 cm³/mol. The van der Waals surface area contributed by atoms with Gasteiger partial charge in [0.1, 0.15) is 11.2 Å². The van der Waals surface area contributed by atoms with Gasteiger partial charge < -0.3 is 4.42 Å². The van der Waals surface area contributed by atoms with Crippen LogP contribution in [0.1, 0.15) is 16.7 Å². The fourth-order valence-corrected chi connectivity index (χ4v) is 3.39. The molecule has 0 fully saturated rings. The Labute approximate surface area is 135 Å². The summed E-state index contributed by atoms with van der Waals surface area (Å²) in [6.45, 7) is 8.29. The first-order chi connectivity index (χ1) is 11.2. The third-order valence-corrected chi connectivity index (χ3v) is 4.60. The second-order valence-corrected chi connectivity index (χ2v) is 5.96. The molecule has 0 unspecified atom stereocenters. The smallest absolute Gasteiger partial charge is 0.138 e. The summed E-state index contributed by atoms with van der Waals surface area (Å²) >= 11 is 0. The molecule has 1 aromatic heterocycles. The van der Waals surface area contributed by atoms with Crippen LogP contribution in [-0.2, 0) is 0 Å². The Bertz CT molecular complexity index is 1050. The summed E-state index contributed by atoms with van der Waals surface area (Å²) in [5.41, 5.74) is 7.91. The highest BCUT2D eigenvalue weighted by Gasteiger charge is 2.16. The number of para-hydroxylation sites is 1. The highest BCUT2D eigenvalue weighted by atomic mass is 16.3. The van der Waals surface area contributed by atoms with Crippen molar-refractivity contribution in [2.24, 2.45) is 0 Å². The maximum Gasteiger partial charge on any atom is 0.138 e. The molecule has 0 bridgehead atoms. The van der Waals surface area contributed by atoms with Gasteiger partial charge >= 0.3 is 0 Å². The van der Waals surface area contributed by atoms with Crippen molar-refractivity contribution < 1.29 is 4.42 Å². The van der Waals surface area contributed by atoms with Crippen LogP contribution in [0.2, 0.25) is 0 Å². The van der Waals surface area contributed by atoms with Crippen molar-refractivity contribution in [1.82, 2.24) is 0 Å². The van der Waals surface area contributed by atoms with Crippen molar-refractivity contribution in [2.75, 3.05) is 0 Å². The predicted octanol–water partition coefficient (Wildman–Crippen LogP) is 6.51. The third kappa shape index (κ3) is 2.01. The van der Waals surface area contributed by atoms with Crippen molar-refractivity contribution in [2.45, 2.75) is 13.8 Å². The summed E-state index contributed by atoms with van der Waals surface area (Å²) in [6.07, 6.45) is 1.93. The lowest BCUT2D eigenvalue weighted by atomic mass is 9.91. The van der Waals surface area contributed by atoms with Crippen molar-refractivity contribution in [3.05, 3.63) is 77.9 Å². The topological polar surface area (TPSA) is 13.1 Å². The van der Waals surface area contributed by atoms with E-state index in [0.29, 0.717) is 0 Å². The van der Waals surface area contributed by atoms with Crippen LogP contribution in [-0.4, -0.2) is 0 Å². The minimum atomic E-state index is 0.933. The van der Waals surface area contributed by atoms with Crippen LogP contribution in [0, 0.1) is 13.8 Å². The molecule has 3 aromatic carbocycles. The SMILES string of the molecule is C=Cc1c(-c2ccccc2C)cc2c(oc3ccccc32)c1C. The molecule has 4 aromatic rings. The van der Waals surface area contributed by atoms with E-state index in [2.05, 4.69) is 62.9 Å². The van der Waals surface area contributed by atoms with Gasteiger partial charge in [-0.25, -0.2) is 0 Å². The van der Waals surface area contributed by atoms with E-state index in [4.69, 9.17) is 4.42 Å². The normalized spacial score (nSPS) is 11.2. The fourth-order valence-electron chi connectivity index (χ4n) is 3.39. The molecule has 0 spiro atoms. The van der Waals surface area contributed by atoms with E-state index >= 15 is 0 Å². The Balaban J connectivity index is 2.17. The van der Waals surface area contributed by atoms with E-state index in [0.717, 1.165) is 27.7 Å². The van der Waals surface area contributed by atoms with Crippen LogP contribution in [0.3, 0.4) is 0 Å². The fraction of sp³-hybridized carbons (Fsp3) is 0.0909. The maximum atomic E-state index is 6.10. The van der Waals surface area contributed by atoms with E-state index < -0.39 is 0 Å².